The van der Waals surface area contributed by atoms with E-state index < -0.39 is 0 Å². The van der Waals surface area contributed by atoms with E-state index in [0.29, 0.717) is 29.4 Å². The number of halogens is 1. The Morgan fingerprint density at radius 3 is 3.00 bits per heavy atom. The Morgan fingerprint density at radius 1 is 1.47 bits per heavy atom. The Labute approximate surface area is 104 Å². The van der Waals surface area contributed by atoms with Crippen LogP contribution < -0.4 is 4.74 Å². The molecule has 0 bridgehead atoms. The molecule has 2 rings (SSSR count). The Hall–Kier alpha value is -1.48. The van der Waals surface area contributed by atoms with Gasteiger partial charge in [0, 0.05) is 17.7 Å². The summed E-state index contributed by atoms with van der Waals surface area (Å²) in [4.78, 5) is 11.5. The van der Waals surface area contributed by atoms with Crippen LogP contribution in [0.15, 0.2) is 28.7 Å². The molecule has 0 saturated carbocycles. The molecule has 0 aliphatic rings. The van der Waals surface area contributed by atoms with Gasteiger partial charge < -0.3 is 9.15 Å². The maximum absolute atomic E-state index is 11.5. The molecule has 0 spiro atoms. The SMILES string of the molecule is COc1cccc2cc(CC(=O)CCCl)oc12. The summed E-state index contributed by atoms with van der Waals surface area (Å²) in [7, 11) is 1.59. The Balaban J connectivity index is 2.28. The average molecular weight is 253 g/mol. The zero-order chi connectivity index (χ0) is 12.3. The van der Waals surface area contributed by atoms with Crippen LogP contribution in [0.1, 0.15) is 12.2 Å². The van der Waals surface area contributed by atoms with Gasteiger partial charge in [-0.2, -0.15) is 0 Å². The molecule has 0 fully saturated rings. The van der Waals surface area contributed by atoms with Crippen LogP contribution in [0, 0.1) is 0 Å². The minimum atomic E-state index is 0.0815. The van der Waals surface area contributed by atoms with Gasteiger partial charge in [0.15, 0.2) is 11.3 Å². The van der Waals surface area contributed by atoms with Crippen LogP contribution in [-0.2, 0) is 11.2 Å². The van der Waals surface area contributed by atoms with Crippen molar-refractivity contribution < 1.29 is 13.9 Å². The third-order valence-electron chi connectivity index (χ3n) is 2.52. The Bertz CT molecular complexity index is 530. The van der Waals surface area contributed by atoms with Crippen LogP contribution >= 0.6 is 11.6 Å². The summed E-state index contributed by atoms with van der Waals surface area (Å²) in [6.07, 6.45) is 0.653. The third-order valence-corrected chi connectivity index (χ3v) is 2.71. The molecule has 0 aliphatic carbocycles. The minimum Gasteiger partial charge on any atom is -0.493 e. The molecule has 0 unspecified atom stereocenters. The third kappa shape index (κ3) is 2.61. The predicted molar refractivity (Wildman–Crippen MR) is 66.8 cm³/mol. The number of rotatable bonds is 5. The number of ether oxygens (including phenoxy) is 1. The lowest BCUT2D eigenvalue weighted by Crippen LogP contribution is -2.01. The molecule has 0 N–H and O–H groups in total. The normalized spacial score (nSPS) is 10.7. The number of ketones is 1. The molecular weight excluding hydrogens is 240 g/mol. The number of carbonyl (C=O) groups excluding carboxylic acids is 1. The maximum Gasteiger partial charge on any atom is 0.176 e. The summed E-state index contributed by atoms with van der Waals surface area (Å²) in [5, 5.41) is 0.943. The average Bonchev–Trinajstić information content (AvgIpc) is 2.70. The lowest BCUT2D eigenvalue weighted by atomic mass is 10.2. The lowest BCUT2D eigenvalue weighted by molar-refractivity contribution is -0.118. The molecule has 90 valence electrons. The van der Waals surface area contributed by atoms with Gasteiger partial charge in [-0.3, -0.25) is 4.79 Å². The molecule has 0 radical (unpaired) electrons. The van der Waals surface area contributed by atoms with E-state index in [1.807, 2.05) is 24.3 Å². The topological polar surface area (TPSA) is 39.4 Å². The van der Waals surface area contributed by atoms with E-state index >= 15 is 0 Å². The number of carbonyl (C=O) groups is 1. The van der Waals surface area contributed by atoms with Crippen molar-refractivity contribution in [2.24, 2.45) is 0 Å². The van der Waals surface area contributed by atoms with Crippen LogP contribution in [0.25, 0.3) is 11.0 Å². The van der Waals surface area contributed by atoms with Gasteiger partial charge >= 0.3 is 0 Å². The van der Waals surface area contributed by atoms with Crippen molar-refractivity contribution in [1.29, 1.82) is 0 Å². The van der Waals surface area contributed by atoms with E-state index in [2.05, 4.69) is 0 Å². The van der Waals surface area contributed by atoms with Crippen molar-refractivity contribution in [3.8, 4) is 5.75 Å². The minimum absolute atomic E-state index is 0.0815. The fourth-order valence-electron chi connectivity index (χ4n) is 1.73. The number of hydrogen-bond donors (Lipinski definition) is 0. The number of fused-ring (bicyclic) bond motifs is 1. The second kappa shape index (κ2) is 5.23. The molecule has 2 aromatic rings. The molecule has 1 heterocycles. The number of Topliss-reactive ketones (excluding diaryl/α,β-unsaturated/α-hetero) is 1. The van der Waals surface area contributed by atoms with Gasteiger partial charge in [0.05, 0.1) is 13.5 Å². The molecular formula is C13H13ClO3. The van der Waals surface area contributed by atoms with Crippen LogP contribution in [0.5, 0.6) is 5.75 Å². The van der Waals surface area contributed by atoms with Crippen LogP contribution in [0.3, 0.4) is 0 Å². The monoisotopic (exact) mass is 252 g/mol. The summed E-state index contributed by atoms with van der Waals surface area (Å²) in [6.45, 7) is 0. The smallest absolute Gasteiger partial charge is 0.176 e. The highest BCUT2D eigenvalue weighted by Gasteiger charge is 2.11. The highest BCUT2D eigenvalue weighted by atomic mass is 35.5. The second-order valence-electron chi connectivity index (χ2n) is 3.75. The molecule has 0 aliphatic heterocycles. The van der Waals surface area contributed by atoms with Crippen molar-refractivity contribution >= 4 is 28.4 Å². The summed E-state index contributed by atoms with van der Waals surface area (Å²) < 4.78 is 10.8. The fourth-order valence-corrected chi connectivity index (χ4v) is 1.94. The maximum atomic E-state index is 11.5. The largest absolute Gasteiger partial charge is 0.493 e. The van der Waals surface area contributed by atoms with Gasteiger partial charge in [-0.15, -0.1) is 11.6 Å². The molecule has 1 aromatic carbocycles. The number of furan rings is 1. The number of hydrogen-bond acceptors (Lipinski definition) is 3. The van der Waals surface area contributed by atoms with Crippen LogP contribution in [0.2, 0.25) is 0 Å². The van der Waals surface area contributed by atoms with Gasteiger partial charge in [0.25, 0.3) is 0 Å². The fraction of sp³-hybridized carbons (Fsp3) is 0.308. The molecule has 0 saturated heterocycles. The van der Waals surface area contributed by atoms with Crippen LogP contribution in [-0.4, -0.2) is 18.8 Å². The molecule has 0 amide bonds. The first-order chi connectivity index (χ1) is 8.24. The van der Waals surface area contributed by atoms with Crippen molar-refractivity contribution in [2.75, 3.05) is 13.0 Å². The quantitative estimate of drug-likeness (QED) is 0.768. The van der Waals surface area contributed by atoms with Gasteiger partial charge in [-0.25, -0.2) is 0 Å². The van der Waals surface area contributed by atoms with Crippen molar-refractivity contribution in [1.82, 2.24) is 0 Å². The van der Waals surface area contributed by atoms with E-state index in [1.54, 1.807) is 7.11 Å². The first-order valence-electron chi connectivity index (χ1n) is 5.37. The summed E-state index contributed by atoms with van der Waals surface area (Å²) in [5.74, 6) is 1.76. The van der Waals surface area contributed by atoms with E-state index in [9.17, 15) is 4.79 Å². The predicted octanol–water partition coefficient (Wildman–Crippen LogP) is 3.18. The van der Waals surface area contributed by atoms with E-state index in [4.69, 9.17) is 20.8 Å². The highest BCUT2D eigenvalue weighted by Crippen LogP contribution is 2.28. The Morgan fingerprint density at radius 2 is 2.29 bits per heavy atom. The number of benzene rings is 1. The van der Waals surface area contributed by atoms with E-state index in [0.717, 1.165) is 5.39 Å². The molecule has 4 heteroatoms. The van der Waals surface area contributed by atoms with Crippen molar-refractivity contribution in [3.63, 3.8) is 0 Å². The van der Waals surface area contributed by atoms with Gasteiger partial charge in [0.2, 0.25) is 0 Å². The lowest BCUT2D eigenvalue weighted by Gasteiger charge is -1.98. The van der Waals surface area contributed by atoms with Gasteiger partial charge in [-0.1, -0.05) is 12.1 Å². The first kappa shape index (κ1) is 12.0. The van der Waals surface area contributed by atoms with Crippen molar-refractivity contribution in [3.05, 3.63) is 30.0 Å². The van der Waals surface area contributed by atoms with Gasteiger partial charge in [-0.05, 0) is 12.1 Å². The van der Waals surface area contributed by atoms with Crippen LogP contribution in [0.4, 0.5) is 0 Å². The zero-order valence-corrected chi connectivity index (χ0v) is 10.3. The standard InChI is InChI=1S/C13H13ClO3/c1-16-12-4-2-3-9-7-11(17-13(9)12)8-10(15)5-6-14/h2-4,7H,5-6,8H2,1H3. The summed E-state index contributed by atoms with van der Waals surface area (Å²) in [6, 6.07) is 7.51. The molecule has 17 heavy (non-hydrogen) atoms. The molecule has 0 atom stereocenters. The summed E-state index contributed by atoms with van der Waals surface area (Å²) in [5.41, 5.74) is 0.684. The first-order valence-corrected chi connectivity index (χ1v) is 5.91. The van der Waals surface area contributed by atoms with Gasteiger partial charge in [0.1, 0.15) is 11.5 Å². The highest BCUT2D eigenvalue weighted by molar-refractivity contribution is 6.19. The number of methoxy groups -OCH3 is 1. The molecule has 1 aromatic heterocycles. The van der Waals surface area contributed by atoms with E-state index in [-0.39, 0.29) is 12.2 Å². The van der Waals surface area contributed by atoms with Crippen molar-refractivity contribution in [2.45, 2.75) is 12.8 Å². The number of para-hydroxylation sites is 1. The molecule has 3 nitrogen and oxygen atoms in total. The zero-order valence-electron chi connectivity index (χ0n) is 9.53. The number of alkyl halides is 1. The van der Waals surface area contributed by atoms with E-state index in [1.165, 1.54) is 0 Å². The Kier molecular flexibility index (Phi) is 3.69. The second-order valence-corrected chi connectivity index (χ2v) is 4.12. The summed E-state index contributed by atoms with van der Waals surface area (Å²) >= 11 is 5.52.